The summed E-state index contributed by atoms with van der Waals surface area (Å²) in [7, 11) is 1.70. The van der Waals surface area contributed by atoms with Gasteiger partial charge in [0.15, 0.2) is 0 Å². The van der Waals surface area contributed by atoms with Gasteiger partial charge >= 0.3 is 0 Å². The molecule has 3 nitrogen and oxygen atoms in total. The lowest BCUT2D eigenvalue weighted by Crippen LogP contribution is -2.28. The van der Waals surface area contributed by atoms with E-state index in [0.29, 0.717) is 6.61 Å². The summed E-state index contributed by atoms with van der Waals surface area (Å²) in [4.78, 5) is 0. The third-order valence-electron chi connectivity index (χ3n) is 3.14. The quantitative estimate of drug-likeness (QED) is 0.818. The van der Waals surface area contributed by atoms with E-state index in [4.69, 9.17) is 4.74 Å². The monoisotopic (exact) mass is 221 g/mol. The number of benzene rings is 1. The minimum Gasteiger partial charge on any atom is -0.391 e. The number of anilines is 1. The van der Waals surface area contributed by atoms with E-state index in [0.717, 1.165) is 30.5 Å². The zero-order chi connectivity index (χ0) is 11.4. The molecule has 0 bridgehead atoms. The second kappa shape index (κ2) is 5.32. The van der Waals surface area contributed by atoms with Crippen LogP contribution >= 0.6 is 0 Å². The molecule has 2 atom stereocenters. The van der Waals surface area contributed by atoms with Gasteiger partial charge in [0.2, 0.25) is 0 Å². The average Bonchev–Trinajstić information content (AvgIpc) is 2.68. The van der Waals surface area contributed by atoms with Gasteiger partial charge in [-0.05, 0) is 25.3 Å². The van der Waals surface area contributed by atoms with Gasteiger partial charge in [0.1, 0.15) is 0 Å². The third-order valence-corrected chi connectivity index (χ3v) is 3.14. The van der Waals surface area contributed by atoms with E-state index in [1.807, 2.05) is 24.3 Å². The number of ether oxygens (including phenoxy) is 1. The number of methoxy groups -OCH3 is 1. The highest BCUT2D eigenvalue weighted by atomic mass is 16.5. The molecule has 0 heterocycles. The van der Waals surface area contributed by atoms with Crippen LogP contribution in [0.3, 0.4) is 0 Å². The molecule has 0 aliphatic heterocycles. The fourth-order valence-electron chi connectivity index (χ4n) is 2.25. The number of para-hydroxylation sites is 1. The normalized spacial score (nSPS) is 24.6. The summed E-state index contributed by atoms with van der Waals surface area (Å²) in [5.41, 5.74) is 2.22. The van der Waals surface area contributed by atoms with Crippen LogP contribution in [0.5, 0.6) is 0 Å². The fraction of sp³-hybridized carbons (Fsp3) is 0.538. The summed E-state index contributed by atoms with van der Waals surface area (Å²) in [5.74, 6) is 0. The standard InChI is InChI=1S/C13H19NO2/c1-16-9-10-5-2-3-6-11(10)14-12-7-4-8-13(12)15/h2-3,5-6,12-15H,4,7-9H2,1H3/t12-,13-/m1/s1. The molecule has 88 valence electrons. The predicted molar refractivity (Wildman–Crippen MR) is 64.4 cm³/mol. The lowest BCUT2D eigenvalue weighted by molar-refractivity contribution is 0.171. The molecule has 0 spiro atoms. The van der Waals surface area contributed by atoms with Crippen LogP contribution in [-0.2, 0) is 11.3 Å². The Hall–Kier alpha value is -1.06. The highest BCUT2D eigenvalue weighted by Crippen LogP contribution is 2.25. The van der Waals surface area contributed by atoms with Crippen LogP contribution in [0.25, 0.3) is 0 Å². The molecule has 0 aromatic heterocycles. The molecule has 3 heteroatoms. The summed E-state index contributed by atoms with van der Waals surface area (Å²) in [6.07, 6.45) is 2.84. The van der Waals surface area contributed by atoms with Crippen molar-refractivity contribution in [2.24, 2.45) is 0 Å². The molecule has 1 fully saturated rings. The van der Waals surface area contributed by atoms with E-state index < -0.39 is 0 Å². The highest BCUT2D eigenvalue weighted by Gasteiger charge is 2.25. The first-order valence-corrected chi connectivity index (χ1v) is 5.82. The zero-order valence-corrected chi connectivity index (χ0v) is 9.65. The minimum absolute atomic E-state index is 0.193. The number of aliphatic hydroxyl groups is 1. The molecule has 0 saturated heterocycles. The molecule has 1 aliphatic rings. The molecular formula is C13H19NO2. The molecule has 16 heavy (non-hydrogen) atoms. The van der Waals surface area contributed by atoms with Gasteiger partial charge in [0.05, 0.1) is 18.8 Å². The van der Waals surface area contributed by atoms with Gasteiger partial charge in [-0.2, -0.15) is 0 Å². The Bertz CT molecular complexity index is 340. The molecule has 1 aromatic carbocycles. The largest absolute Gasteiger partial charge is 0.391 e. The van der Waals surface area contributed by atoms with Crippen LogP contribution in [0.4, 0.5) is 5.69 Å². The molecule has 1 aliphatic carbocycles. The molecule has 2 N–H and O–H groups in total. The summed E-state index contributed by atoms with van der Waals surface area (Å²) >= 11 is 0. The third kappa shape index (κ3) is 2.54. The smallest absolute Gasteiger partial charge is 0.0741 e. The Morgan fingerprint density at radius 3 is 2.88 bits per heavy atom. The second-order valence-electron chi connectivity index (χ2n) is 4.34. The van der Waals surface area contributed by atoms with Crippen molar-refractivity contribution in [3.05, 3.63) is 29.8 Å². The molecule has 0 radical (unpaired) electrons. The first kappa shape index (κ1) is 11.4. The van der Waals surface area contributed by atoms with Crippen LogP contribution < -0.4 is 5.32 Å². The average molecular weight is 221 g/mol. The van der Waals surface area contributed by atoms with E-state index in [1.165, 1.54) is 0 Å². The first-order chi connectivity index (χ1) is 7.81. The van der Waals surface area contributed by atoms with Crippen molar-refractivity contribution in [1.82, 2.24) is 0 Å². The van der Waals surface area contributed by atoms with Crippen LogP contribution in [0.2, 0.25) is 0 Å². The Morgan fingerprint density at radius 2 is 2.19 bits per heavy atom. The van der Waals surface area contributed by atoms with Crippen molar-refractivity contribution < 1.29 is 9.84 Å². The van der Waals surface area contributed by atoms with Crippen molar-refractivity contribution >= 4 is 5.69 Å². The summed E-state index contributed by atoms with van der Waals surface area (Å²) in [6.45, 7) is 0.603. The van der Waals surface area contributed by atoms with Gasteiger partial charge in [-0.15, -0.1) is 0 Å². The summed E-state index contributed by atoms with van der Waals surface area (Å²) < 4.78 is 5.16. The van der Waals surface area contributed by atoms with Crippen LogP contribution in [0.15, 0.2) is 24.3 Å². The number of rotatable bonds is 4. The Kier molecular flexibility index (Phi) is 3.80. The van der Waals surface area contributed by atoms with Crippen LogP contribution in [0, 0.1) is 0 Å². The lowest BCUT2D eigenvalue weighted by atomic mass is 10.1. The second-order valence-corrected chi connectivity index (χ2v) is 4.34. The van der Waals surface area contributed by atoms with Crippen molar-refractivity contribution in [2.75, 3.05) is 12.4 Å². The SMILES string of the molecule is COCc1ccccc1N[C@@H]1CCC[C@H]1O. The molecule has 1 saturated carbocycles. The zero-order valence-electron chi connectivity index (χ0n) is 9.65. The van der Waals surface area contributed by atoms with E-state index in [2.05, 4.69) is 5.32 Å². The first-order valence-electron chi connectivity index (χ1n) is 5.82. The topological polar surface area (TPSA) is 41.5 Å². The number of aliphatic hydroxyl groups excluding tert-OH is 1. The Morgan fingerprint density at radius 1 is 1.38 bits per heavy atom. The summed E-state index contributed by atoms with van der Waals surface area (Å²) in [6, 6.07) is 8.29. The molecule has 1 aromatic rings. The van der Waals surface area contributed by atoms with Gasteiger partial charge < -0.3 is 15.2 Å². The summed E-state index contributed by atoms with van der Waals surface area (Å²) in [5, 5.41) is 13.2. The van der Waals surface area contributed by atoms with Crippen LogP contribution in [-0.4, -0.2) is 24.4 Å². The predicted octanol–water partition coefficient (Wildman–Crippen LogP) is 2.16. The van der Waals surface area contributed by atoms with Crippen molar-refractivity contribution in [1.29, 1.82) is 0 Å². The molecule has 0 unspecified atom stereocenters. The Balaban J connectivity index is 2.07. The number of hydrogen-bond acceptors (Lipinski definition) is 3. The van der Waals surface area contributed by atoms with E-state index in [9.17, 15) is 5.11 Å². The fourth-order valence-corrected chi connectivity index (χ4v) is 2.25. The maximum absolute atomic E-state index is 9.78. The maximum Gasteiger partial charge on any atom is 0.0741 e. The van der Waals surface area contributed by atoms with Crippen LogP contribution in [0.1, 0.15) is 24.8 Å². The van der Waals surface area contributed by atoms with Gasteiger partial charge in [-0.25, -0.2) is 0 Å². The van der Waals surface area contributed by atoms with Crippen molar-refractivity contribution in [3.8, 4) is 0 Å². The van der Waals surface area contributed by atoms with E-state index in [1.54, 1.807) is 7.11 Å². The van der Waals surface area contributed by atoms with E-state index in [-0.39, 0.29) is 12.1 Å². The van der Waals surface area contributed by atoms with Gasteiger partial charge in [0, 0.05) is 18.4 Å². The van der Waals surface area contributed by atoms with Crippen molar-refractivity contribution in [3.63, 3.8) is 0 Å². The number of hydrogen-bond donors (Lipinski definition) is 2. The maximum atomic E-state index is 9.78. The Labute approximate surface area is 96.4 Å². The number of nitrogens with one attached hydrogen (secondary N) is 1. The molecule has 2 rings (SSSR count). The highest BCUT2D eigenvalue weighted by molar-refractivity contribution is 5.51. The van der Waals surface area contributed by atoms with Crippen molar-refractivity contribution in [2.45, 2.75) is 38.0 Å². The minimum atomic E-state index is -0.212. The van der Waals surface area contributed by atoms with Gasteiger partial charge in [-0.1, -0.05) is 18.2 Å². The van der Waals surface area contributed by atoms with E-state index >= 15 is 0 Å². The molecular weight excluding hydrogens is 202 g/mol. The van der Waals surface area contributed by atoms with Gasteiger partial charge in [-0.3, -0.25) is 0 Å². The van der Waals surface area contributed by atoms with Gasteiger partial charge in [0.25, 0.3) is 0 Å². The lowest BCUT2D eigenvalue weighted by Gasteiger charge is -2.20. The molecule has 0 amide bonds.